The first-order valence-electron chi connectivity index (χ1n) is 10.4. The molecule has 0 aromatic heterocycles. The molecule has 1 saturated heterocycles. The summed E-state index contributed by atoms with van der Waals surface area (Å²) in [6, 6.07) is 16.7. The lowest BCUT2D eigenvalue weighted by molar-refractivity contribution is 0.0891. The van der Waals surface area contributed by atoms with Gasteiger partial charge in [0.1, 0.15) is 0 Å². The molecular weight excluding hydrogens is 346 g/mol. The molecule has 1 amide bonds. The molecule has 2 aromatic carbocycles. The van der Waals surface area contributed by atoms with Crippen LogP contribution in [0.5, 0.6) is 0 Å². The lowest BCUT2D eigenvalue weighted by Crippen LogP contribution is -2.43. The Balaban J connectivity index is 1.32. The standard InChI is InChI=1S/C24H31N3O/c1-24(12-15-26(2)16-13-24)18-25-23(28)21-9-7-19(8-10-21)17-27-14-11-20-5-3-4-6-22(20)27/h3-10H,11-18H2,1-2H3,(H,25,28). The first kappa shape index (κ1) is 19.0. The van der Waals surface area contributed by atoms with Gasteiger partial charge >= 0.3 is 0 Å². The molecule has 0 bridgehead atoms. The fraction of sp³-hybridized carbons (Fsp3) is 0.458. The van der Waals surface area contributed by atoms with Gasteiger partial charge in [0.05, 0.1) is 0 Å². The molecule has 4 heteroatoms. The Morgan fingerprint density at radius 3 is 2.50 bits per heavy atom. The average molecular weight is 378 g/mol. The molecule has 1 fully saturated rings. The number of hydrogen-bond donors (Lipinski definition) is 1. The van der Waals surface area contributed by atoms with Crippen LogP contribution in [0.15, 0.2) is 48.5 Å². The molecule has 0 radical (unpaired) electrons. The van der Waals surface area contributed by atoms with E-state index in [1.54, 1.807) is 0 Å². The Hall–Kier alpha value is -2.33. The van der Waals surface area contributed by atoms with Crippen LogP contribution < -0.4 is 10.2 Å². The van der Waals surface area contributed by atoms with E-state index in [9.17, 15) is 4.79 Å². The van der Waals surface area contributed by atoms with E-state index in [-0.39, 0.29) is 11.3 Å². The molecule has 0 aliphatic carbocycles. The molecule has 0 saturated carbocycles. The van der Waals surface area contributed by atoms with Crippen LogP contribution in [-0.2, 0) is 13.0 Å². The smallest absolute Gasteiger partial charge is 0.251 e. The van der Waals surface area contributed by atoms with Crippen LogP contribution in [0.1, 0.15) is 41.3 Å². The number of carbonyl (C=O) groups is 1. The van der Waals surface area contributed by atoms with E-state index in [1.807, 2.05) is 12.1 Å². The van der Waals surface area contributed by atoms with Gasteiger partial charge in [0, 0.05) is 30.9 Å². The molecule has 2 aliphatic rings. The Kier molecular flexibility index (Phi) is 5.40. The number of nitrogens with zero attached hydrogens (tertiary/aromatic N) is 2. The minimum atomic E-state index is 0.0400. The number of carbonyl (C=O) groups excluding carboxylic acids is 1. The summed E-state index contributed by atoms with van der Waals surface area (Å²) >= 11 is 0. The van der Waals surface area contributed by atoms with Crippen molar-refractivity contribution in [2.75, 3.05) is 38.1 Å². The Morgan fingerprint density at radius 1 is 1.04 bits per heavy atom. The van der Waals surface area contributed by atoms with Gasteiger partial charge in [-0.1, -0.05) is 37.3 Å². The monoisotopic (exact) mass is 377 g/mol. The largest absolute Gasteiger partial charge is 0.367 e. The topological polar surface area (TPSA) is 35.6 Å². The number of nitrogens with one attached hydrogen (secondary N) is 1. The number of rotatable bonds is 5. The molecule has 4 nitrogen and oxygen atoms in total. The maximum Gasteiger partial charge on any atom is 0.251 e. The highest BCUT2D eigenvalue weighted by Crippen LogP contribution is 2.30. The SMILES string of the molecule is CN1CCC(C)(CNC(=O)c2ccc(CN3CCc4ccccc43)cc2)CC1. The quantitative estimate of drug-likeness (QED) is 0.863. The molecule has 28 heavy (non-hydrogen) atoms. The Bertz CT molecular complexity index is 822. The molecule has 0 spiro atoms. The van der Waals surface area contributed by atoms with Gasteiger partial charge in [0.25, 0.3) is 5.91 Å². The molecule has 2 aromatic rings. The van der Waals surface area contributed by atoms with E-state index in [1.165, 1.54) is 16.8 Å². The molecule has 148 valence electrons. The number of fused-ring (bicyclic) bond motifs is 1. The molecule has 2 aliphatic heterocycles. The van der Waals surface area contributed by atoms with Crippen LogP contribution in [0.25, 0.3) is 0 Å². The second kappa shape index (κ2) is 7.96. The van der Waals surface area contributed by atoms with Crippen molar-refractivity contribution in [1.82, 2.24) is 10.2 Å². The molecule has 2 heterocycles. The molecule has 0 unspecified atom stereocenters. The van der Waals surface area contributed by atoms with E-state index in [4.69, 9.17) is 0 Å². The van der Waals surface area contributed by atoms with E-state index in [0.29, 0.717) is 0 Å². The van der Waals surface area contributed by atoms with Crippen molar-refractivity contribution < 1.29 is 4.79 Å². The molecular formula is C24H31N3O. The predicted octanol–water partition coefficient (Wildman–Crippen LogP) is 3.71. The van der Waals surface area contributed by atoms with E-state index < -0.39 is 0 Å². The Labute approximate surface area is 168 Å². The minimum Gasteiger partial charge on any atom is -0.367 e. The van der Waals surface area contributed by atoms with Crippen molar-refractivity contribution in [3.63, 3.8) is 0 Å². The predicted molar refractivity (Wildman–Crippen MR) is 115 cm³/mol. The fourth-order valence-corrected chi connectivity index (χ4v) is 4.28. The summed E-state index contributed by atoms with van der Waals surface area (Å²) in [5.74, 6) is 0.0400. The third-order valence-corrected chi connectivity index (χ3v) is 6.44. The summed E-state index contributed by atoms with van der Waals surface area (Å²) < 4.78 is 0. The summed E-state index contributed by atoms with van der Waals surface area (Å²) in [6.07, 6.45) is 3.39. The van der Waals surface area contributed by atoms with Crippen LogP contribution in [0.2, 0.25) is 0 Å². The van der Waals surface area contributed by atoms with Crippen molar-refractivity contribution >= 4 is 11.6 Å². The number of hydrogen-bond acceptors (Lipinski definition) is 3. The van der Waals surface area contributed by atoms with Crippen LogP contribution in [0, 0.1) is 5.41 Å². The molecule has 0 atom stereocenters. The van der Waals surface area contributed by atoms with Crippen LogP contribution in [0.3, 0.4) is 0 Å². The zero-order valence-electron chi connectivity index (χ0n) is 17.1. The third kappa shape index (κ3) is 4.22. The second-order valence-electron chi connectivity index (χ2n) is 8.79. The lowest BCUT2D eigenvalue weighted by Gasteiger charge is -2.37. The van der Waals surface area contributed by atoms with Gasteiger partial charge in [-0.3, -0.25) is 4.79 Å². The highest BCUT2D eigenvalue weighted by Gasteiger charge is 2.29. The van der Waals surface area contributed by atoms with E-state index in [2.05, 4.69) is 65.5 Å². The van der Waals surface area contributed by atoms with Crippen molar-refractivity contribution in [1.29, 1.82) is 0 Å². The van der Waals surface area contributed by atoms with Gasteiger partial charge in [-0.2, -0.15) is 0 Å². The average Bonchev–Trinajstić information content (AvgIpc) is 3.12. The van der Waals surface area contributed by atoms with Crippen LogP contribution in [-0.4, -0.2) is 44.0 Å². The Morgan fingerprint density at radius 2 is 1.75 bits per heavy atom. The fourth-order valence-electron chi connectivity index (χ4n) is 4.28. The first-order valence-corrected chi connectivity index (χ1v) is 10.4. The summed E-state index contributed by atoms with van der Waals surface area (Å²) in [5, 5.41) is 3.16. The number of benzene rings is 2. The zero-order chi connectivity index (χ0) is 19.6. The van der Waals surface area contributed by atoms with Gasteiger partial charge in [0.2, 0.25) is 0 Å². The normalized spacial score (nSPS) is 18.7. The number of anilines is 1. The maximum absolute atomic E-state index is 12.6. The van der Waals surface area contributed by atoms with Gasteiger partial charge in [0.15, 0.2) is 0 Å². The first-order chi connectivity index (χ1) is 13.5. The van der Waals surface area contributed by atoms with Gasteiger partial charge in [-0.05, 0) is 74.1 Å². The number of piperidine rings is 1. The summed E-state index contributed by atoms with van der Waals surface area (Å²) in [6.45, 7) is 7.23. The van der Waals surface area contributed by atoms with Gasteiger partial charge < -0.3 is 15.1 Å². The third-order valence-electron chi connectivity index (χ3n) is 6.44. The number of likely N-dealkylation sites (tertiary alicyclic amines) is 1. The van der Waals surface area contributed by atoms with E-state index in [0.717, 1.165) is 57.5 Å². The minimum absolute atomic E-state index is 0.0400. The summed E-state index contributed by atoms with van der Waals surface area (Å²) in [5.41, 5.74) is 4.99. The highest BCUT2D eigenvalue weighted by atomic mass is 16.1. The van der Waals surface area contributed by atoms with Gasteiger partial charge in [-0.15, -0.1) is 0 Å². The van der Waals surface area contributed by atoms with Gasteiger partial charge in [-0.25, -0.2) is 0 Å². The lowest BCUT2D eigenvalue weighted by atomic mass is 9.80. The summed E-state index contributed by atoms with van der Waals surface area (Å²) in [7, 11) is 2.17. The molecule has 1 N–H and O–H groups in total. The van der Waals surface area contributed by atoms with Crippen molar-refractivity contribution in [2.24, 2.45) is 5.41 Å². The number of para-hydroxylation sites is 1. The zero-order valence-corrected chi connectivity index (χ0v) is 17.1. The number of amides is 1. The second-order valence-corrected chi connectivity index (χ2v) is 8.79. The highest BCUT2D eigenvalue weighted by molar-refractivity contribution is 5.94. The van der Waals surface area contributed by atoms with Crippen molar-refractivity contribution in [3.8, 4) is 0 Å². The van der Waals surface area contributed by atoms with Crippen LogP contribution in [0.4, 0.5) is 5.69 Å². The van der Waals surface area contributed by atoms with Crippen molar-refractivity contribution in [3.05, 3.63) is 65.2 Å². The van der Waals surface area contributed by atoms with Crippen molar-refractivity contribution in [2.45, 2.75) is 32.7 Å². The summed E-state index contributed by atoms with van der Waals surface area (Å²) in [4.78, 5) is 17.4. The van der Waals surface area contributed by atoms with Crippen LogP contribution >= 0.6 is 0 Å². The maximum atomic E-state index is 12.6. The van der Waals surface area contributed by atoms with E-state index >= 15 is 0 Å². The molecule has 4 rings (SSSR count).